The molecule has 0 aliphatic rings. The molecule has 0 heterocycles. The molecule has 3 N–H and O–H groups in total. The fourth-order valence-corrected chi connectivity index (χ4v) is 2.74. The van der Waals surface area contributed by atoms with E-state index in [9.17, 15) is 4.79 Å². The summed E-state index contributed by atoms with van der Waals surface area (Å²) >= 11 is 0. The van der Waals surface area contributed by atoms with Crippen LogP contribution in [0.15, 0.2) is 59.6 Å². The minimum Gasteiger partial charge on any atom is -0.497 e. The molecule has 7 nitrogen and oxygen atoms in total. The Morgan fingerprint density at radius 2 is 1.70 bits per heavy atom. The van der Waals surface area contributed by atoms with Gasteiger partial charge in [-0.15, -0.1) is 0 Å². The van der Waals surface area contributed by atoms with Crippen molar-refractivity contribution < 1.29 is 14.3 Å². The van der Waals surface area contributed by atoms with Crippen LogP contribution in [0.4, 0.5) is 4.79 Å². The normalized spacial score (nSPS) is 12.6. The Bertz CT molecular complexity index is 815. The highest BCUT2D eigenvalue weighted by molar-refractivity contribution is 5.79. The summed E-state index contributed by atoms with van der Waals surface area (Å²) < 4.78 is 10.6. The largest absolute Gasteiger partial charge is 0.497 e. The molecule has 0 spiro atoms. The molecule has 2 aromatic carbocycles. The van der Waals surface area contributed by atoms with Crippen molar-refractivity contribution in [2.45, 2.75) is 39.0 Å². The topological polar surface area (TPSA) is 84.0 Å². The van der Waals surface area contributed by atoms with E-state index in [2.05, 4.69) is 20.9 Å². The van der Waals surface area contributed by atoms with Gasteiger partial charge in [0.05, 0.1) is 13.2 Å². The van der Waals surface area contributed by atoms with Crippen LogP contribution in [-0.2, 0) is 11.3 Å². The molecule has 0 saturated heterocycles. The van der Waals surface area contributed by atoms with Crippen LogP contribution in [0.2, 0.25) is 0 Å². The standard InChI is InChI=1S/C23H32N4O3/c1-23(2,3)30-22(28)27-20(18-9-7-6-8-10-18)16-26-21(24-4)25-15-17-11-13-19(29-5)14-12-17/h6-14,20H,15-16H2,1-5H3,(H,27,28)(H2,24,25,26). The van der Waals surface area contributed by atoms with Crippen molar-refractivity contribution >= 4 is 12.1 Å². The highest BCUT2D eigenvalue weighted by Crippen LogP contribution is 2.14. The number of aliphatic imine (C=N–C) groups is 1. The van der Waals surface area contributed by atoms with Gasteiger partial charge >= 0.3 is 6.09 Å². The molecule has 0 aliphatic carbocycles. The SMILES string of the molecule is CN=C(NCc1ccc(OC)cc1)NCC(NC(=O)OC(C)(C)C)c1ccccc1. The van der Waals surface area contributed by atoms with Crippen molar-refractivity contribution in [3.8, 4) is 5.75 Å². The summed E-state index contributed by atoms with van der Waals surface area (Å²) in [6.07, 6.45) is -0.459. The number of carbonyl (C=O) groups excluding carboxylic acids is 1. The van der Waals surface area contributed by atoms with Crippen molar-refractivity contribution in [1.29, 1.82) is 0 Å². The second kappa shape index (κ2) is 11.1. The van der Waals surface area contributed by atoms with E-state index in [1.54, 1.807) is 14.2 Å². The lowest BCUT2D eigenvalue weighted by atomic mass is 10.1. The van der Waals surface area contributed by atoms with Gasteiger partial charge in [0, 0.05) is 20.1 Å². The lowest BCUT2D eigenvalue weighted by molar-refractivity contribution is 0.0504. The summed E-state index contributed by atoms with van der Waals surface area (Å²) in [7, 11) is 3.36. The first-order valence-corrected chi connectivity index (χ1v) is 9.92. The van der Waals surface area contributed by atoms with Crippen LogP contribution in [0.1, 0.15) is 37.9 Å². The fourth-order valence-electron chi connectivity index (χ4n) is 2.74. The van der Waals surface area contributed by atoms with Crippen LogP contribution in [0, 0.1) is 0 Å². The van der Waals surface area contributed by atoms with Crippen LogP contribution >= 0.6 is 0 Å². The Morgan fingerprint density at radius 1 is 1.03 bits per heavy atom. The maximum Gasteiger partial charge on any atom is 0.408 e. The molecule has 0 radical (unpaired) electrons. The predicted octanol–water partition coefficient (Wildman–Crippen LogP) is 3.63. The molecule has 2 aromatic rings. The Morgan fingerprint density at radius 3 is 2.27 bits per heavy atom. The van der Waals surface area contributed by atoms with Crippen LogP contribution in [0.25, 0.3) is 0 Å². The molecule has 7 heteroatoms. The van der Waals surface area contributed by atoms with Crippen molar-refractivity contribution in [3.05, 3.63) is 65.7 Å². The lowest BCUT2D eigenvalue weighted by Gasteiger charge is -2.25. The van der Waals surface area contributed by atoms with Gasteiger partial charge in [0.25, 0.3) is 0 Å². The molecule has 1 amide bonds. The summed E-state index contributed by atoms with van der Waals surface area (Å²) in [5.41, 5.74) is 1.51. The lowest BCUT2D eigenvalue weighted by Crippen LogP contribution is -2.44. The summed E-state index contributed by atoms with van der Waals surface area (Å²) in [5.74, 6) is 1.46. The maximum atomic E-state index is 12.3. The van der Waals surface area contributed by atoms with E-state index < -0.39 is 11.7 Å². The first-order valence-electron chi connectivity index (χ1n) is 9.92. The number of benzene rings is 2. The average molecular weight is 413 g/mol. The van der Waals surface area contributed by atoms with Crippen LogP contribution in [0.3, 0.4) is 0 Å². The minimum atomic E-state index is -0.561. The first-order chi connectivity index (χ1) is 14.3. The van der Waals surface area contributed by atoms with Gasteiger partial charge in [-0.1, -0.05) is 42.5 Å². The molecular formula is C23H32N4O3. The predicted molar refractivity (Wildman–Crippen MR) is 120 cm³/mol. The molecule has 0 aromatic heterocycles. The first kappa shape index (κ1) is 23.1. The number of methoxy groups -OCH3 is 1. The van der Waals surface area contributed by atoms with Gasteiger partial charge in [0.1, 0.15) is 11.4 Å². The molecule has 2 rings (SSSR count). The summed E-state index contributed by atoms with van der Waals surface area (Å²) in [6.45, 7) is 6.58. The highest BCUT2D eigenvalue weighted by atomic mass is 16.6. The minimum absolute atomic E-state index is 0.277. The Kier molecular flexibility index (Phi) is 8.53. The van der Waals surface area contributed by atoms with Gasteiger partial charge in [0.2, 0.25) is 0 Å². The van der Waals surface area contributed by atoms with Gasteiger partial charge in [-0.2, -0.15) is 0 Å². The number of rotatable bonds is 7. The van der Waals surface area contributed by atoms with Crippen molar-refractivity contribution in [2.75, 3.05) is 20.7 Å². The maximum absolute atomic E-state index is 12.3. The van der Waals surface area contributed by atoms with Crippen molar-refractivity contribution in [1.82, 2.24) is 16.0 Å². The molecule has 1 unspecified atom stereocenters. The van der Waals surface area contributed by atoms with Crippen molar-refractivity contribution in [3.63, 3.8) is 0 Å². The van der Waals surface area contributed by atoms with E-state index >= 15 is 0 Å². The zero-order valence-electron chi connectivity index (χ0n) is 18.4. The third kappa shape index (κ3) is 8.03. The number of carbonyl (C=O) groups is 1. The Balaban J connectivity index is 1.97. The molecule has 0 saturated carbocycles. The van der Waals surface area contributed by atoms with E-state index in [1.165, 1.54) is 0 Å². The highest BCUT2D eigenvalue weighted by Gasteiger charge is 2.20. The molecular weight excluding hydrogens is 380 g/mol. The van der Waals surface area contributed by atoms with Gasteiger partial charge in [0.15, 0.2) is 5.96 Å². The number of alkyl carbamates (subject to hydrolysis) is 1. The molecule has 30 heavy (non-hydrogen) atoms. The van der Waals surface area contributed by atoms with Gasteiger partial charge in [-0.05, 0) is 44.0 Å². The molecule has 0 bridgehead atoms. The number of hydrogen-bond acceptors (Lipinski definition) is 4. The number of amides is 1. The number of nitrogens with zero attached hydrogens (tertiary/aromatic N) is 1. The second-order valence-electron chi connectivity index (χ2n) is 7.76. The van der Waals surface area contributed by atoms with E-state index in [1.807, 2.05) is 75.4 Å². The molecule has 0 fully saturated rings. The van der Waals surface area contributed by atoms with Crippen LogP contribution < -0.4 is 20.7 Å². The fraction of sp³-hybridized carbons (Fsp3) is 0.391. The van der Waals surface area contributed by atoms with Crippen LogP contribution in [0.5, 0.6) is 5.75 Å². The smallest absolute Gasteiger partial charge is 0.408 e. The average Bonchev–Trinajstić information content (AvgIpc) is 2.72. The van der Waals surface area contributed by atoms with Gasteiger partial charge in [-0.25, -0.2) is 4.79 Å². The quantitative estimate of drug-likeness (QED) is 0.478. The van der Waals surface area contributed by atoms with Gasteiger partial charge < -0.3 is 25.4 Å². The van der Waals surface area contributed by atoms with E-state index in [0.717, 1.165) is 16.9 Å². The third-order valence-electron chi connectivity index (χ3n) is 4.21. The monoisotopic (exact) mass is 412 g/mol. The van der Waals surface area contributed by atoms with Gasteiger partial charge in [-0.3, -0.25) is 4.99 Å². The van der Waals surface area contributed by atoms with Crippen molar-refractivity contribution in [2.24, 2.45) is 4.99 Å². The zero-order valence-corrected chi connectivity index (χ0v) is 18.4. The number of hydrogen-bond donors (Lipinski definition) is 3. The van der Waals surface area contributed by atoms with E-state index in [4.69, 9.17) is 9.47 Å². The summed E-state index contributed by atoms with van der Waals surface area (Å²) in [5, 5.41) is 9.48. The number of ether oxygens (including phenoxy) is 2. The molecule has 162 valence electrons. The molecule has 0 aliphatic heterocycles. The zero-order chi connectivity index (χ0) is 22.0. The Labute approximate surface area is 178 Å². The number of nitrogens with one attached hydrogen (secondary N) is 3. The summed E-state index contributed by atoms with van der Waals surface area (Å²) in [4.78, 5) is 16.6. The second-order valence-corrected chi connectivity index (χ2v) is 7.76. The van der Waals surface area contributed by atoms with E-state index in [0.29, 0.717) is 19.0 Å². The number of guanidine groups is 1. The van der Waals surface area contributed by atoms with E-state index in [-0.39, 0.29) is 6.04 Å². The third-order valence-corrected chi connectivity index (χ3v) is 4.21. The van der Waals surface area contributed by atoms with Crippen LogP contribution in [-0.4, -0.2) is 38.4 Å². The Hall–Kier alpha value is -3.22. The summed E-state index contributed by atoms with van der Waals surface area (Å²) in [6, 6.07) is 17.3. The molecule has 1 atom stereocenters.